The van der Waals surface area contributed by atoms with E-state index in [1.165, 1.54) is 28.8 Å². The lowest BCUT2D eigenvalue weighted by Gasteiger charge is -2.11. The van der Waals surface area contributed by atoms with Gasteiger partial charge in [-0.2, -0.15) is 8.78 Å². The molecule has 10 heteroatoms. The molecule has 6 nitrogen and oxygen atoms in total. The number of thiophene rings is 1. The van der Waals surface area contributed by atoms with Gasteiger partial charge < -0.3 is 15.0 Å². The molecule has 0 unspecified atom stereocenters. The van der Waals surface area contributed by atoms with E-state index >= 15 is 0 Å². The fourth-order valence-corrected chi connectivity index (χ4v) is 5.44. The summed E-state index contributed by atoms with van der Waals surface area (Å²) in [4.78, 5) is 34.1. The fourth-order valence-electron chi connectivity index (χ4n) is 3.47. The van der Waals surface area contributed by atoms with Crippen molar-refractivity contribution in [2.24, 2.45) is 0 Å². The monoisotopic (exact) mass is 451 g/mol. The van der Waals surface area contributed by atoms with Crippen LogP contribution in [0.1, 0.15) is 29.1 Å². The second-order valence-electron chi connectivity index (χ2n) is 6.82. The number of carbonyl (C=O) groups excluding carboxylic acids is 1. The molecule has 4 rings (SSSR count). The maximum atomic E-state index is 12.5. The maximum Gasteiger partial charge on any atom is 0.387 e. The maximum absolute atomic E-state index is 12.5. The Balaban J connectivity index is 1.38. The smallest absolute Gasteiger partial charge is 0.387 e. The molecule has 1 amide bonds. The number of aromatic amines is 1. The van der Waals surface area contributed by atoms with E-state index in [4.69, 9.17) is 0 Å². The number of anilines is 1. The van der Waals surface area contributed by atoms with Crippen LogP contribution >= 0.6 is 23.1 Å². The Kier molecular flexibility index (Phi) is 6.33. The number of amides is 1. The normalized spacial score (nSPS) is 13.4. The predicted molar refractivity (Wildman–Crippen MR) is 115 cm³/mol. The number of alkyl halides is 2. The van der Waals surface area contributed by atoms with Crippen LogP contribution in [0.3, 0.4) is 0 Å². The number of benzene rings is 1. The molecule has 0 fully saturated rings. The number of para-hydroxylation sites is 2. The summed E-state index contributed by atoms with van der Waals surface area (Å²) < 4.78 is 29.4. The van der Waals surface area contributed by atoms with Gasteiger partial charge >= 0.3 is 6.61 Å². The number of hydrogen-bond donors (Lipinski definition) is 2. The fraction of sp³-hybridized carbons (Fsp3) is 0.350. The number of H-pyrrole nitrogens is 1. The molecule has 0 saturated heterocycles. The van der Waals surface area contributed by atoms with Crippen LogP contribution in [0.15, 0.2) is 29.1 Å². The highest BCUT2D eigenvalue weighted by Gasteiger charge is 2.20. The minimum Gasteiger partial charge on any atom is -0.433 e. The lowest BCUT2D eigenvalue weighted by Crippen LogP contribution is -2.16. The van der Waals surface area contributed by atoms with Crippen molar-refractivity contribution in [3.63, 3.8) is 0 Å². The van der Waals surface area contributed by atoms with Crippen LogP contribution in [0.5, 0.6) is 5.75 Å². The van der Waals surface area contributed by atoms with Gasteiger partial charge in [-0.25, -0.2) is 4.98 Å². The van der Waals surface area contributed by atoms with E-state index in [1.807, 2.05) is 0 Å². The number of nitrogens with one attached hydrogen (secondary N) is 2. The molecule has 0 spiro atoms. The van der Waals surface area contributed by atoms with E-state index in [0.29, 0.717) is 17.0 Å². The number of ether oxygens (including phenoxy) is 1. The molecular formula is C20H19F2N3O3S2. The highest BCUT2D eigenvalue weighted by Crippen LogP contribution is 2.33. The second-order valence-corrected chi connectivity index (χ2v) is 8.89. The molecule has 158 valence electrons. The van der Waals surface area contributed by atoms with Crippen LogP contribution < -0.4 is 15.6 Å². The summed E-state index contributed by atoms with van der Waals surface area (Å²) in [6.07, 6.45) is 4.15. The number of carbonyl (C=O) groups is 1. The van der Waals surface area contributed by atoms with Crippen molar-refractivity contribution in [3.8, 4) is 5.75 Å². The lowest BCUT2D eigenvalue weighted by atomic mass is 9.97. The van der Waals surface area contributed by atoms with Crippen molar-refractivity contribution < 1.29 is 18.3 Å². The molecule has 2 aromatic heterocycles. The van der Waals surface area contributed by atoms with Crippen molar-refractivity contribution in [1.29, 1.82) is 0 Å². The van der Waals surface area contributed by atoms with Gasteiger partial charge in [-0.3, -0.25) is 9.59 Å². The van der Waals surface area contributed by atoms with Gasteiger partial charge in [0.1, 0.15) is 16.4 Å². The van der Waals surface area contributed by atoms with E-state index < -0.39 is 6.61 Å². The molecular weight excluding hydrogens is 432 g/mol. The third kappa shape index (κ3) is 4.65. The van der Waals surface area contributed by atoms with Crippen molar-refractivity contribution in [1.82, 2.24) is 9.97 Å². The van der Waals surface area contributed by atoms with Crippen LogP contribution in [0.4, 0.5) is 14.5 Å². The Morgan fingerprint density at radius 2 is 2.10 bits per heavy atom. The van der Waals surface area contributed by atoms with E-state index in [1.54, 1.807) is 23.5 Å². The minimum atomic E-state index is -2.97. The third-order valence-electron chi connectivity index (χ3n) is 4.72. The zero-order chi connectivity index (χ0) is 21.1. The standard InChI is InChI=1S/C20H19F2N3O3S2/c21-20(22)28-13-7-3-2-6-12(13)23-16(26)10-29-9-15-24-18(27)17-11-5-1-4-8-14(11)30-19(17)25-15/h2-3,6-7,20H,1,4-5,8-10H2,(H,23,26)(H,24,25,27). The number of nitrogens with zero attached hydrogens (tertiary/aromatic N) is 1. The van der Waals surface area contributed by atoms with Crippen LogP contribution in [-0.4, -0.2) is 28.2 Å². The number of aryl methyl sites for hydroxylation is 2. The van der Waals surface area contributed by atoms with Gasteiger partial charge in [-0.15, -0.1) is 23.1 Å². The predicted octanol–water partition coefficient (Wildman–Crippen LogP) is 4.34. The van der Waals surface area contributed by atoms with Gasteiger partial charge in [-0.1, -0.05) is 12.1 Å². The number of fused-ring (bicyclic) bond motifs is 3. The largest absolute Gasteiger partial charge is 0.433 e. The number of halogens is 2. The molecule has 2 N–H and O–H groups in total. The first kappa shape index (κ1) is 20.8. The SMILES string of the molecule is O=C(CSCc1nc2sc3c(c2c(=O)[nH]1)CCCC3)Nc1ccccc1OC(F)F. The lowest BCUT2D eigenvalue weighted by molar-refractivity contribution is -0.113. The quantitative estimate of drug-likeness (QED) is 0.558. The summed E-state index contributed by atoms with van der Waals surface area (Å²) in [5.41, 5.74) is 1.19. The molecule has 3 aromatic rings. The topological polar surface area (TPSA) is 84.1 Å². The summed E-state index contributed by atoms with van der Waals surface area (Å²) in [7, 11) is 0. The molecule has 1 aliphatic rings. The van der Waals surface area contributed by atoms with Crippen LogP contribution in [0.25, 0.3) is 10.2 Å². The summed E-state index contributed by atoms with van der Waals surface area (Å²) >= 11 is 2.86. The minimum absolute atomic E-state index is 0.0751. The van der Waals surface area contributed by atoms with E-state index in [-0.39, 0.29) is 28.7 Å². The average Bonchev–Trinajstić information content (AvgIpc) is 3.08. The van der Waals surface area contributed by atoms with E-state index in [0.717, 1.165) is 36.1 Å². The summed E-state index contributed by atoms with van der Waals surface area (Å²) in [6.45, 7) is -2.97. The zero-order valence-electron chi connectivity index (χ0n) is 15.9. The second kappa shape index (κ2) is 9.13. The zero-order valence-corrected chi connectivity index (χ0v) is 17.5. The van der Waals surface area contributed by atoms with Crippen LogP contribution in [0, 0.1) is 0 Å². The highest BCUT2D eigenvalue weighted by atomic mass is 32.2. The number of hydrogen-bond acceptors (Lipinski definition) is 6. The van der Waals surface area contributed by atoms with Gasteiger partial charge in [0.2, 0.25) is 5.91 Å². The first-order valence-corrected chi connectivity index (χ1v) is 11.4. The number of thioether (sulfide) groups is 1. The number of rotatable bonds is 7. The highest BCUT2D eigenvalue weighted by molar-refractivity contribution is 7.99. The molecule has 0 atom stereocenters. The molecule has 2 heterocycles. The first-order valence-electron chi connectivity index (χ1n) is 9.46. The molecule has 0 aliphatic heterocycles. The number of aromatic nitrogens is 2. The Morgan fingerprint density at radius 1 is 1.30 bits per heavy atom. The van der Waals surface area contributed by atoms with Crippen LogP contribution in [0.2, 0.25) is 0 Å². The average molecular weight is 452 g/mol. The first-order chi connectivity index (χ1) is 14.5. The summed E-state index contributed by atoms with van der Waals surface area (Å²) in [5, 5.41) is 3.27. The molecule has 30 heavy (non-hydrogen) atoms. The molecule has 0 radical (unpaired) electrons. The Bertz CT molecular complexity index is 1130. The summed E-state index contributed by atoms with van der Waals surface area (Å²) in [5.74, 6) is 0.497. The van der Waals surface area contributed by atoms with Crippen molar-refractivity contribution in [2.45, 2.75) is 38.0 Å². The Labute approximate surface area is 179 Å². The third-order valence-corrected chi connectivity index (χ3v) is 6.85. The van der Waals surface area contributed by atoms with Crippen molar-refractivity contribution >= 4 is 44.9 Å². The Morgan fingerprint density at radius 3 is 2.93 bits per heavy atom. The van der Waals surface area contributed by atoms with Gasteiger partial charge in [0, 0.05) is 4.88 Å². The molecule has 0 bridgehead atoms. The van der Waals surface area contributed by atoms with E-state index in [9.17, 15) is 18.4 Å². The Hall–Kier alpha value is -2.46. The van der Waals surface area contributed by atoms with Crippen molar-refractivity contribution in [2.75, 3.05) is 11.1 Å². The van der Waals surface area contributed by atoms with E-state index in [2.05, 4.69) is 20.0 Å². The molecule has 1 aromatic carbocycles. The molecule has 1 aliphatic carbocycles. The van der Waals surface area contributed by atoms with Gasteiger partial charge in [-0.05, 0) is 43.4 Å². The van der Waals surface area contributed by atoms with Gasteiger partial charge in [0.05, 0.1) is 22.6 Å². The molecule has 0 saturated carbocycles. The summed E-state index contributed by atoms with van der Waals surface area (Å²) in [6, 6.07) is 6.01. The van der Waals surface area contributed by atoms with Crippen LogP contribution in [-0.2, 0) is 23.4 Å². The van der Waals surface area contributed by atoms with Gasteiger partial charge in [0.15, 0.2) is 0 Å². The van der Waals surface area contributed by atoms with Gasteiger partial charge in [0.25, 0.3) is 5.56 Å². The van der Waals surface area contributed by atoms with Crippen molar-refractivity contribution in [3.05, 3.63) is 50.9 Å².